The highest BCUT2D eigenvalue weighted by Crippen LogP contribution is 2.51. The van der Waals surface area contributed by atoms with Crippen molar-refractivity contribution in [1.82, 2.24) is 0 Å². The lowest BCUT2D eigenvalue weighted by Crippen LogP contribution is -2.29. The Kier molecular flexibility index (Phi) is 12.4. The largest absolute Gasteiger partial charge is 0.282 e. The summed E-state index contributed by atoms with van der Waals surface area (Å²) in [6.07, 6.45) is 5.17. The molecule has 2 saturated heterocycles. The van der Waals surface area contributed by atoms with Crippen LogP contribution in [0.15, 0.2) is 25.3 Å². The number of carbonyl (C=O) groups excluding carboxylic acids is 2. The van der Waals surface area contributed by atoms with E-state index in [1.807, 2.05) is 47.0 Å². The molecular weight excluding hydrogens is 485 g/mol. The Hall–Kier alpha value is 1.27. The van der Waals surface area contributed by atoms with E-state index in [4.69, 9.17) is 12.6 Å². The molecule has 2 fully saturated rings. The SMILES string of the molecule is C=CC(=O)SCC1CSC(C(S)C(CCC)C2SCC(CSC(=O)C=C)S2)S1. The van der Waals surface area contributed by atoms with Gasteiger partial charge >= 0.3 is 0 Å². The van der Waals surface area contributed by atoms with Gasteiger partial charge in [-0.05, 0) is 24.5 Å². The fourth-order valence-corrected chi connectivity index (χ4v) is 13.3. The molecule has 6 unspecified atom stereocenters. The van der Waals surface area contributed by atoms with Gasteiger partial charge in [0.2, 0.25) is 10.2 Å². The minimum Gasteiger partial charge on any atom is -0.282 e. The lowest BCUT2D eigenvalue weighted by atomic mass is 10.0. The molecule has 0 aliphatic carbocycles. The van der Waals surface area contributed by atoms with Crippen LogP contribution in [0.2, 0.25) is 0 Å². The fourth-order valence-electron chi connectivity index (χ4n) is 2.99. The van der Waals surface area contributed by atoms with E-state index in [1.54, 1.807) is 0 Å². The molecule has 0 N–H and O–H groups in total. The summed E-state index contributed by atoms with van der Waals surface area (Å²) in [6.45, 7) is 9.35. The number of hydrogen-bond donors (Lipinski definition) is 1. The zero-order valence-electron chi connectivity index (χ0n) is 16.0. The van der Waals surface area contributed by atoms with Crippen LogP contribution in [-0.4, -0.2) is 58.2 Å². The summed E-state index contributed by atoms with van der Waals surface area (Å²) in [4.78, 5) is 23.0. The summed E-state index contributed by atoms with van der Waals surface area (Å²) in [5.74, 6) is 4.51. The average molecular weight is 513 g/mol. The molecule has 0 aromatic heterocycles. The second-order valence-corrected chi connectivity index (χ2v) is 15.0. The predicted molar refractivity (Wildman–Crippen MR) is 142 cm³/mol. The quantitative estimate of drug-likeness (QED) is 0.269. The summed E-state index contributed by atoms with van der Waals surface area (Å²) >= 11 is 16.0. The van der Waals surface area contributed by atoms with Gasteiger partial charge in [-0.25, -0.2) is 0 Å². The summed E-state index contributed by atoms with van der Waals surface area (Å²) in [7, 11) is 0. The van der Waals surface area contributed by atoms with Crippen LogP contribution in [0.1, 0.15) is 19.8 Å². The van der Waals surface area contributed by atoms with Gasteiger partial charge < -0.3 is 0 Å². The molecule has 2 nitrogen and oxygen atoms in total. The summed E-state index contributed by atoms with van der Waals surface area (Å²) in [6, 6.07) is 0. The highest BCUT2D eigenvalue weighted by atomic mass is 32.2. The van der Waals surface area contributed by atoms with Gasteiger partial charge in [0.25, 0.3) is 0 Å². The Morgan fingerprint density at radius 2 is 1.54 bits per heavy atom. The van der Waals surface area contributed by atoms with Crippen molar-refractivity contribution in [2.75, 3.05) is 23.0 Å². The third kappa shape index (κ3) is 8.08. The number of thiol groups is 1. The van der Waals surface area contributed by atoms with Crippen molar-refractivity contribution in [3.05, 3.63) is 25.3 Å². The number of hydrogen-bond acceptors (Lipinski definition) is 9. The maximum Gasteiger partial charge on any atom is 0.211 e. The molecule has 6 atom stereocenters. The molecule has 0 aromatic rings. The minimum absolute atomic E-state index is 0.0675. The first-order chi connectivity index (χ1) is 13.5. The van der Waals surface area contributed by atoms with Crippen molar-refractivity contribution in [1.29, 1.82) is 0 Å². The first-order valence-corrected chi connectivity index (χ1v) is 15.8. The molecule has 158 valence electrons. The molecule has 0 spiro atoms. The lowest BCUT2D eigenvalue weighted by Gasteiger charge is -2.31. The second-order valence-electron chi connectivity index (χ2n) is 6.53. The van der Waals surface area contributed by atoms with E-state index in [-0.39, 0.29) is 10.2 Å². The Balaban J connectivity index is 1.85. The third-order valence-corrected chi connectivity index (χ3v) is 14.9. The Morgan fingerprint density at radius 1 is 1.04 bits per heavy atom. The normalized spacial score (nSPS) is 29.4. The van der Waals surface area contributed by atoms with Crippen LogP contribution in [0.3, 0.4) is 0 Å². The first kappa shape index (κ1) is 25.5. The van der Waals surface area contributed by atoms with Gasteiger partial charge in [-0.1, -0.05) is 50.0 Å². The highest BCUT2D eigenvalue weighted by Gasteiger charge is 2.40. The topological polar surface area (TPSA) is 34.1 Å². The van der Waals surface area contributed by atoms with Gasteiger partial charge in [-0.2, -0.15) is 12.6 Å². The zero-order valence-corrected chi connectivity index (χ0v) is 21.8. The van der Waals surface area contributed by atoms with Crippen LogP contribution in [0.5, 0.6) is 0 Å². The maximum atomic E-state index is 11.5. The lowest BCUT2D eigenvalue weighted by molar-refractivity contribution is -0.107. The van der Waals surface area contributed by atoms with Gasteiger partial charge in [0, 0.05) is 38.8 Å². The standard InChI is InChI=1S/C19H28O2S7/c1-4-7-14(18-25-10-12(27-18)8-23-15(20)5-2)17(22)19-26-11-13(28-19)9-24-16(21)6-3/h5-6,12-14,17-19,22H,2-4,7-11H2,1H3. The van der Waals surface area contributed by atoms with E-state index < -0.39 is 0 Å². The third-order valence-electron chi connectivity index (χ3n) is 4.39. The van der Waals surface area contributed by atoms with E-state index >= 15 is 0 Å². The molecule has 0 aromatic carbocycles. The molecule has 9 heteroatoms. The minimum atomic E-state index is 0.0675. The van der Waals surface area contributed by atoms with Crippen LogP contribution < -0.4 is 0 Å². The van der Waals surface area contributed by atoms with Crippen LogP contribution >= 0.6 is 83.2 Å². The Morgan fingerprint density at radius 3 is 2.04 bits per heavy atom. The van der Waals surface area contributed by atoms with Crippen LogP contribution in [-0.2, 0) is 9.59 Å². The molecule has 2 aliphatic rings. The van der Waals surface area contributed by atoms with Crippen LogP contribution in [0.25, 0.3) is 0 Å². The highest BCUT2D eigenvalue weighted by molar-refractivity contribution is 8.22. The van der Waals surface area contributed by atoms with E-state index in [0.717, 1.165) is 23.0 Å². The monoisotopic (exact) mass is 512 g/mol. The van der Waals surface area contributed by atoms with Crippen molar-refractivity contribution in [2.45, 2.75) is 44.7 Å². The fraction of sp³-hybridized carbons (Fsp3) is 0.684. The van der Waals surface area contributed by atoms with Gasteiger partial charge in [0.15, 0.2) is 0 Å². The summed E-state index contributed by atoms with van der Waals surface area (Å²) in [5, 5.41) is 1.54. The molecular formula is C19H28O2S7. The maximum absolute atomic E-state index is 11.5. The van der Waals surface area contributed by atoms with Crippen molar-refractivity contribution < 1.29 is 9.59 Å². The molecule has 2 heterocycles. The van der Waals surface area contributed by atoms with Crippen molar-refractivity contribution in [3.63, 3.8) is 0 Å². The first-order valence-electron chi connectivity index (χ1n) is 9.29. The van der Waals surface area contributed by atoms with E-state index in [0.29, 0.717) is 30.8 Å². The van der Waals surface area contributed by atoms with E-state index in [9.17, 15) is 9.59 Å². The Bertz CT molecular complexity index is 556. The number of carbonyl (C=O) groups is 2. The average Bonchev–Trinajstić information content (AvgIpc) is 3.37. The van der Waals surface area contributed by atoms with E-state index in [2.05, 4.69) is 20.1 Å². The van der Waals surface area contributed by atoms with E-state index in [1.165, 1.54) is 48.5 Å². The molecule has 28 heavy (non-hydrogen) atoms. The second kappa shape index (κ2) is 13.6. The number of thioether (sulfide) groups is 6. The van der Waals surface area contributed by atoms with Crippen molar-refractivity contribution in [2.24, 2.45) is 5.92 Å². The van der Waals surface area contributed by atoms with Crippen molar-refractivity contribution >= 4 is 93.4 Å². The molecule has 2 rings (SSSR count). The summed E-state index contributed by atoms with van der Waals surface area (Å²) < 4.78 is 1.05. The van der Waals surface area contributed by atoms with Crippen molar-refractivity contribution in [3.8, 4) is 0 Å². The summed E-state index contributed by atoms with van der Waals surface area (Å²) in [5.41, 5.74) is 0. The van der Waals surface area contributed by atoms with Gasteiger partial charge in [0.1, 0.15) is 0 Å². The smallest absolute Gasteiger partial charge is 0.211 e. The van der Waals surface area contributed by atoms with Gasteiger partial charge in [-0.3, -0.25) is 9.59 Å². The molecule has 0 radical (unpaired) electrons. The molecule has 0 saturated carbocycles. The van der Waals surface area contributed by atoms with Crippen LogP contribution in [0, 0.1) is 5.92 Å². The predicted octanol–water partition coefficient (Wildman–Crippen LogP) is 5.94. The zero-order chi connectivity index (χ0) is 20.5. The Labute approximate surface area is 200 Å². The molecule has 0 amide bonds. The molecule has 2 aliphatic heterocycles. The molecule has 0 bridgehead atoms. The van der Waals surface area contributed by atoms with Gasteiger partial charge in [-0.15, -0.1) is 47.0 Å². The van der Waals surface area contributed by atoms with Gasteiger partial charge in [0.05, 0.1) is 9.16 Å². The number of rotatable bonds is 11. The van der Waals surface area contributed by atoms with Crippen LogP contribution in [0.4, 0.5) is 0 Å².